The van der Waals surface area contributed by atoms with Crippen LogP contribution in [0.3, 0.4) is 0 Å². The van der Waals surface area contributed by atoms with Crippen LogP contribution in [-0.2, 0) is 11.2 Å². The van der Waals surface area contributed by atoms with Gasteiger partial charge in [0.1, 0.15) is 18.6 Å². The summed E-state index contributed by atoms with van der Waals surface area (Å²) in [5, 5.41) is 0. The van der Waals surface area contributed by atoms with Crippen LogP contribution in [0.5, 0.6) is 5.75 Å². The largest absolute Gasteiger partial charge is 0.489 e. The number of benzene rings is 1. The van der Waals surface area contributed by atoms with Crippen LogP contribution < -0.4 is 4.74 Å². The van der Waals surface area contributed by atoms with E-state index in [1.54, 1.807) is 0 Å². The maximum Gasteiger partial charge on any atom is 0.120 e. The first-order valence-electron chi connectivity index (χ1n) is 5.02. The molecular weight excluding hydrogens is 188 g/mol. The Morgan fingerprint density at radius 2 is 2.33 bits per heavy atom. The highest BCUT2D eigenvalue weighted by molar-refractivity contribution is 5.50. The molecule has 0 aliphatic carbocycles. The number of aryl methyl sites for hydroxylation is 1. The Morgan fingerprint density at radius 1 is 1.53 bits per heavy atom. The third kappa shape index (κ3) is 4.45. The summed E-state index contributed by atoms with van der Waals surface area (Å²) in [5.41, 5.74) is 2.12. The minimum atomic E-state index is 0.539. The average Bonchev–Trinajstić information content (AvgIpc) is 2.24. The second-order valence-electron chi connectivity index (χ2n) is 3.60. The van der Waals surface area contributed by atoms with Crippen LogP contribution in [0, 0.1) is 0 Å². The number of rotatable bonds is 6. The van der Waals surface area contributed by atoms with Gasteiger partial charge in [-0.05, 0) is 36.6 Å². The van der Waals surface area contributed by atoms with Gasteiger partial charge in [-0.15, -0.1) is 0 Å². The summed E-state index contributed by atoms with van der Waals surface area (Å²) >= 11 is 0. The summed E-state index contributed by atoms with van der Waals surface area (Å²) in [6.45, 7) is 6.24. The molecule has 0 heterocycles. The molecule has 0 spiro atoms. The number of carbonyl (C=O) groups excluding carboxylic acids is 1. The van der Waals surface area contributed by atoms with Gasteiger partial charge in [0.15, 0.2) is 0 Å². The van der Waals surface area contributed by atoms with Crippen molar-refractivity contribution in [2.45, 2.75) is 19.8 Å². The highest BCUT2D eigenvalue weighted by Gasteiger charge is 1.97. The van der Waals surface area contributed by atoms with Crippen LogP contribution >= 0.6 is 0 Å². The Labute approximate surface area is 90.6 Å². The third-order valence-corrected chi connectivity index (χ3v) is 1.93. The van der Waals surface area contributed by atoms with Crippen LogP contribution in [0.4, 0.5) is 0 Å². The summed E-state index contributed by atoms with van der Waals surface area (Å²) in [6.07, 6.45) is 2.26. The molecule has 0 aromatic heterocycles. The van der Waals surface area contributed by atoms with Crippen molar-refractivity contribution in [3.8, 4) is 5.75 Å². The van der Waals surface area contributed by atoms with Crippen LogP contribution in [-0.4, -0.2) is 12.9 Å². The van der Waals surface area contributed by atoms with Gasteiger partial charge in [-0.3, -0.25) is 0 Å². The number of ether oxygens (including phenoxy) is 1. The Hall–Kier alpha value is -1.57. The molecule has 0 saturated heterocycles. The van der Waals surface area contributed by atoms with Crippen molar-refractivity contribution in [1.29, 1.82) is 0 Å². The van der Waals surface area contributed by atoms with E-state index in [1.807, 2.05) is 31.2 Å². The zero-order chi connectivity index (χ0) is 11.1. The predicted octanol–water partition coefficient (Wildman–Crippen LogP) is 2.77. The number of aldehydes is 1. The van der Waals surface area contributed by atoms with Crippen molar-refractivity contribution < 1.29 is 9.53 Å². The summed E-state index contributed by atoms with van der Waals surface area (Å²) in [5.74, 6) is 0.835. The maximum absolute atomic E-state index is 10.2. The molecule has 0 unspecified atom stereocenters. The molecule has 1 aromatic rings. The van der Waals surface area contributed by atoms with Crippen molar-refractivity contribution in [3.63, 3.8) is 0 Å². The van der Waals surface area contributed by atoms with Gasteiger partial charge in [0, 0.05) is 6.42 Å². The summed E-state index contributed by atoms with van der Waals surface area (Å²) < 4.78 is 5.50. The van der Waals surface area contributed by atoms with Crippen molar-refractivity contribution in [3.05, 3.63) is 42.0 Å². The topological polar surface area (TPSA) is 26.3 Å². The predicted molar refractivity (Wildman–Crippen MR) is 61.1 cm³/mol. The Balaban J connectivity index is 2.57. The van der Waals surface area contributed by atoms with Gasteiger partial charge in [0.25, 0.3) is 0 Å². The highest BCUT2D eigenvalue weighted by Crippen LogP contribution is 2.14. The smallest absolute Gasteiger partial charge is 0.120 e. The molecule has 15 heavy (non-hydrogen) atoms. The molecule has 0 amide bonds. The first kappa shape index (κ1) is 11.5. The molecule has 0 saturated carbocycles. The summed E-state index contributed by atoms with van der Waals surface area (Å²) in [6, 6.07) is 7.81. The number of carbonyl (C=O) groups is 1. The number of hydrogen-bond acceptors (Lipinski definition) is 2. The molecule has 1 rings (SSSR count). The van der Waals surface area contributed by atoms with Gasteiger partial charge in [0.2, 0.25) is 0 Å². The number of hydrogen-bond donors (Lipinski definition) is 0. The van der Waals surface area contributed by atoms with E-state index in [0.29, 0.717) is 13.0 Å². The van der Waals surface area contributed by atoms with E-state index in [9.17, 15) is 4.79 Å². The van der Waals surface area contributed by atoms with Crippen LogP contribution in [0.1, 0.15) is 18.9 Å². The van der Waals surface area contributed by atoms with E-state index in [2.05, 4.69) is 6.58 Å². The molecule has 80 valence electrons. The van der Waals surface area contributed by atoms with Crippen LogP contribution in [0.15, 0.2) is 36.4 Å². The van der Waals surface area contributed by atoms with Gasteiger partial charge in [-0.1, -0.05) is 18.7 Å². The van der Waals surface area contributed by atoms with Crippen LogP contribution in [0.25, 0.3) is 0 Å². The van der Waals surface area contributed by atoms with Crippen LogP contribution in [0.2, 0.25) is 0 Å². The lowest BCUT2D eigenvalue weighted by Crippen LogP contribution is -1.98. The highest BCUT2D eigenvalue weighted by atomic mass is 16.5. The molecule has 0 aliphatic heterocycles. The molecule has 0 fully saturated rings. The third-order valence-electron chi connectivity index (χ3n) is 1.93. The van der Waals surface area contributed by atoms with Gasteiger partial charge in [0.05, 0.1) is 0 Å². The first-order chi connectivity index (χ1) is 7.22. The zero-order valence-electron chi connectivity index (χ0n) is 9.03. The molecule has 0 atom stereocenters. The Kier molecular flexibility index (Phi) is 4.61. The second kappa shape index (κ2) is 6.02. The van der Waals surface area contributed by atoms with E-state index in [0.717, 1.165) is 29.6 Å². The van der Waals surface area contributed by atoms with E-state index < -0.39 is 0 Å². The maximum atomic E-state index is 10.2. The van der Waals surface area contributed by atoms with E-state index in [-0.39, 0.29) is 0 Å². The Bertz CT molecular complexity index is 342. The minimum absolute atomic E-state index is 0.539. The molecule has 0 bridgehead atoms. The lowest BCUT2D eigenvalue weighted by Gasteiger charge is -2.06. The molecule has 1 aromatic carbocycles. The van der Waals surface area contributed by atoms with E-state index in [1.165, 1.54) is 0 Å². The Morgan fingerprint density at radius 3 is 3.00 bits per heavy atom. The summed E-state index contributed by atoms with van der Waals surface area (Å²) in [7, 11) is 0. The quantitative estimate of drug-likeness (QED) is 0.526. The molecule has 0 N–H and O–H groups in total. The molecule has 0 radical (unpaired) electrons. The van der Waals surface area contributed by atoms with Crippen molar-refractivity contribution >= 4 is 6.29 Å². The first-order valence-corrected chi connectivity index (χ1v) is 5.02. The average molecular weight is 204 g/mol. The van der Waals surface area contributed by atoms with Crippen molar-refractivity contribution in [2.24, 2.45) is 0 Å². The van der Waals surface area contributed by atoms with Crippen molar-refractivity contribution in [2.75, 3.05) is 6.61 Å². The van der Waals surface area contributed by atoms with Crippen molar-refractivity contribution in [1.82, 2.24) is 0 Å². The van der Waals surface area contributed by atoms with Gasteiger partial charge in [-0.2, -0.15) is 0 Å². The monoisotopic (exact) mass is 204 g/mol. The van der Waals surface area contributed by atoms with E-state index in [4.69, 9.17) is 4.74 Å². The van der Waals surface area contributed by atoms with Gasteiger partial charge >= 0.3 is 0 Å². The molecule has 2 nitrogen and oxygen atoms in total. The second-order valence-corrected chi connectivity index (χ2v) is 3.60. The fourth-order valence-corrected chi connectivity index (χ4v) is 1.22. The van der Waals surface area contributed by atoms with E-state index >= 15 is 0 Å². The standard InChI is InChI=1S/C13H16O2/c1-11(2)10-15-13-7-3-5-12(9-13)6-4-8-14/h3,5,7-9H,1,4,6,10H2,2H3. The lowest BCUT2D eigenvalue weighted by atomic mass is 10.1. The fourth-order valence-electron chi connectivity index (χ4n) is 1.22. The fraction of sp³-hybridized carbons (Fsp3) is 0.308. The summed E-state index contributed by atoms with van der Waals surface area (Å²) in [4.78, 5) is 10.2. The molecule has 0 aliphatic rings. The van der Waals surface area contributed by atoms with Gasteiger partial charge < -0.3 is 9.53 Å². The molecule has 2 heteroatoms. The lowest BCUT2D eigenvalue weighted by molar-refractivity contribution is -0.107. The SMILES string of the molecule is C=C(C)COc1cccc(CCC=O)c1. The van der Waals surface area contributed by atoms with Gasteiger partial charge in [-0.25, -0.2) is 0 Å². The minimum Gasteiger partial charge on any atom is -0.489 e. The normalized spacial score (nSPS) is 9.67. The zero-order valence-corrected chi connectivity index (χ0v) is 9.03. The molecular formula is C13H16O2.